The average Bonchev–Trinajstić information content (AvgIpc) is 2.61. The van der Waals surface area contributed by atoms with Crippen LogP contribution in [0.5, 0.6) is 0 Å². The Morgan fingerprint density at radius 1 is 1.15 bits per heavy atom. The summed E-state index contributed by atoms with van der Waals surface area (Å²) in [4.78, 5) is 10.2. The molecule has 142 valence electrons. The predicted octanol–water partition coefficient (Wildman–Crippen LogP) is 2.71. The highest BCUT2D eigenvalue weighted by molar-refractivity contribution is 7.89. The normalized spacial score (nSPS) is 35.6. The first-order valence-electron chi connectivity index (χ1n) is 9.14. The van der Waals surface area contributed by atoms with Gasteiger partial charge in [-0.1, -0.05) is 12.1 Å². The van der Waals surface area contributed by atoms with Crippen molar-refractivity contribution in [1.29, 1.82) is 0 Å². The fraction of sp³-hybridized carbons (Fsp3) is 0.667. The summed E-state index contributed by atoms with van der Waals surface area (Å²) in [5.41, 5.74) is -0.902. The standard InChI is InChI=1S/C18H24N2O5S/c1-25-18(14-7-12-6-13(9-14)10-15(18)8-12)11-19-26(23,24)17-5-3-2-4-16(17)20(21)22/h2-5,12-15,19H,6-11H2,1H3. The Kier molecular flexibility index (Phi) is 4.32. The first-order chi connectivity index (χ1) is 12.4. The van der Waals surface area contributed by atoms with E-state index in [2.05, 4.69) is 4.72 Å². The second-order valence-corrected chi connectivity index (χ2v) is 9.75. The summed E-state index contributed by atoms with van der Waals surface area (Å²) < 4.78 is 34.2. The summed E-state index contributed by atoms with van der Waals surface area (Å²) >= 11 is 0. The van der Waals surface area contributed by atoms with Crippen molar-refractivity contribution in [3.63, 3.8) is 0 Å². The van der Waals surface area contributed by atoms with E-state index in [-0.39, 0.29) is 11.4 Å². The third-order valence-corrected chi connectivity index (χ3v) is 8.24. The number of benzene rings is 1. The molecule has 5 rings (SSSR count). The smallest absolute Gasteiger partial charge is 0.289 e. The maximum Gasteiger partial charge on any atom is 0.289 e. The SMILES string of the molecule is COC1(CNS(=O)(=O)c2ccccc2[N+](=O)[O-])C2CC3CC(C2)CC1C3. The molecule has 4 bridgehead atoms. The van der Waals surface area contributed by atoms with Crippen LogP contribution in [0.15, 0.2) is 29.2 Å². The lowest BCUT2D eigenvalue weighted by molar-refractivity contribution is -0.387. The van der Waals surface area contributed by atoms with Gasteiger partial charge in [0, 0.05) is 19.7 Å². The van der Waals surface area contributed by atoms with Crippen LogP contribution in [0.4, 0.5) is 5.69 Å². The van der Waals surface area contributed by atoms with Crippen molar-refractivity contribution in [3.8, 4) is 0 Å². The summed E-state index contributed by atoms with van der Waals surface area (Å²) in [5.74, 6) is 2.20. The van der Waals surface area contributed by atoms with Gasteiger partial charge >= 0.3 is 0 Å². The second kappa shape index (κ2) is 6.28. The van der Waals surface area contributed by atoms with Gasteiger partial charge in [-0.2, -0.15) is 0 Å². The van der Waals surface area contributed by atoms with Gasteiger partial charge in [0.1, 0.15) is 0 Å². The molecule has 0 saturated heterocycles. The fourth-order valence-electron chi connectivity index (χ4n) is 5.80. The number of para-hydroxylation sites is 1. The van der Waals surface area contributed by atoms with Gasteiger partial charge in [-0.05, 0) is 61.8 Å². The van der Waals surface area contributed by atoms with Crippen LogP contribution in [-0.4, -0.2) is 32.6 Å². The Hall–Kier alpha value is -1.51. The number of rotatable bonds is 6. The molecule has 4 aliphatic rings. The molecular weight excluding hydrogens is 356 g/mol. The highest BCUT2D eigenvalue weighted by Crippen LogP contribution is 2.59. The Morgan fingerprint density at radius 2 is 1.73 bits per heavy atom. The molecule has 0 spiro atoms. The molecule has 1 aromatic carbocycles. The number of methoxy groups -OCH3 is 1. The van der Waals surface area contributed by atoms with E-state index >= 15 is 0 Å². The predicted molar refractivity (Wildman–Crippen MR) is 95.1 cm³/mol. The monoisotopic (exact) mass is 380 g/mol. The van der Waals surface area contributed by atoms with E-state index in [0.29, 0.717) is 11.8 Å². The number of ether oxygens (including phenoxy) is 1. The minimum absolute atomic E-state index is 0.173. The Bertz CT molecular complexity index is 795. The lowest BCUT2D eigenvalue weighted by atomic mass is 9.50. The van der Waals surface area contributed by atoms with Gasteiger partial charge in [-0.15, -0.1) is 0 Å². The maximum absolute atomic E-state index is 12.8. The van der Waals surface area contributed by atoms with Crippen LogP contribution in [0.1, 0.15) is 32.1 Å². The Morgan fingerprint density at radius 3 is 2.27 bits per heavy atom. The van der Waals surface area contributed by atoms with Crippen LogP contribution in [0, 0.1) is 33.8 Å². The third kappa shape index (κ3) is 2.75. The zero-order valence-electron chi connectivity index (χ0n) is 14.8. The number of nitro groups is 1. The number of hydrogen-bond acceptors (Lipinski definition) is 5. The van der Waals surface area contributed by atoms with E-state index in [1.54, 1.807) is 7.11 Å². The minimum Gasteiger partial charge on any atom is -0.376 e. The molecule has 0 radical (unpaired) electrons. The first kappa shape index (κ1) is 17.9. The molecule has 0 aliphatic heterocycles. The summed E-state index contributed by atoms with van der Waals surface area (Å²) in [5, 5.41) is 11.2. The van der Waals surface area contributed by atoms with Crippen molar-refractivity contribution in [1.82, 2.24) is 4.72 Å². The number of hydrogen-bond donors (Lipinski definition) is 1. The largest absolute Gasteiger partial charge is 0.376 e. The number of sulfonamides is 1. The van der Waals surface area contributed by atoms with Crippen molar-refractivity contribution in [2.45, 2.75) is 42.6 Å². The van der Waals surface area contributed by atoms with Gasteiger partial charge in [0.2, 0.25) is 10.0 Å². The van der Waals surface area contributed by atoms with E-state index in [4.69, 9.17) is 4.74 Å². The quantitative estimate of drug-likeness (QED) is 0.604. The Labute approximate surface area is 153 Å². The fourth-order valence-corrected chi connectivity index (χ4v) is 7.04. The molecule has 0 unspecified atom stereocenters. The van der Waals surface area contributed by atoms with Gasteiger partial charge in [0.05, 0.1) is 10.5 Å². The minimum atomic E-state index is -3.99. The zero-order valence-corrected chi connectivity index (χ0v) is 15.6. The summed E-state index contributed by atoms with van der Waals surface area (Å²) in [6.07, 6.45) is 5.67. The molecule has 4 fully saturated rings. The van der Waals surface area contributed by atoms with Crippen LogP contribution >= 0.6 is 0 Å². The molecule has 0 aromatic heterocycles. The topological polar surface area (TPSA) is 98.5 Å². The molecule has 7 nitrogen and oxygen atoms in total. The highest BCUT2D eigenvalue weighted by atomic mass is 32.2. The number of nitro benzene ring substituents is 1. The molecule has 1 N–H and O–H groups in total. The molecule has 0 atom stereocenters. The van der Waals surface area contributed by atoms with Gasteiger partial charge in [-0.3, -0.25) is 10.1 Å². The summed E-state index contributed by atoms with van der Waals surface area (Å²) in [6.45, 7) is 0.173. The highest BCUT2D eigenvalue weighted by Gasteiger charge is 2.57. The van der Waals surface area contributed by atoms with Crippen molar-refractivity contribution < 1.29 is 18.1 Å². The lowest BCUT2D eigenvalue weighted by Crippen LogP contribution is -2.63. The number of nitrogens with one attached hydrogen (secondary N) is 1. The van der Waals surface area contributed by atoms with Crippen molar-refractivity contribution >= 4 is 15.7 Å². The molecule has 4 aliphatic carbocycles. The molecular formula is C18H24N2O5S. The molecule has 26 heavy (non-hydrogen) atoms. The molecule has 8 heteroatoms. The van der Waals surface area contributed by atoms with Gasteiger partial charge in [0.25, 0.3) is 5.69 Å². The molecule has 4 saturated carbocycles. The second-order valence-electron chi connectivity index (χ2n) is 8.01. The summed E-state index contributed by atoms with van der Waals surface area (Å²) in [7, 11) is -2.32. The molecule has 1 aromatic rings. The molecule has 0 heterocycles. The first-order valence-corrected chi connectivity index (χ1v) is 10.6. The third-order valence-electron chi connectivity index (χ3n) is 6.79. The Balaban J connectivity index is 1.59. The van der Waals surface area contributed by atoms with Crippen molar-refractivity contribution in [2.24, 2.45) is 23.7 Å². The zero-order chi connectivity index (χ0) is 18.5. The van der Waals surface area contributed by atoms with E-state index in [9.17, 15) is 18.5 Å². The van der Waals surface area contributed by atoms with Crippen LogP contribution < -0.4 is 4.72 Å². The van der Waals surface area contributed by atoms with Crippen LogP contribution in [-0.2, 0) is 14.8 Å². The van der Waals surface area contributed by atoms with Crippen molar-refractivity contribution in [2.75, 3.05) is 13.7 Å². The maximum atomic E-state index is 12.8. The average molecular weight is 380 g/mol. The van der Waals surface area contributed by atoms with Gasteiger partial charge < -0.3 is 4.74 Å². The molecule has 0 amide bonds. The van der Waals surface area contributed by atoms with E-state index in [1.807, 2.05) is 0 Å². The van der Waals surface area contributed by atoms with Crippen molar-refractivity contribution in [3.05, 3.63) is 34.4 Å². The summed E-state index contributed by atoms with van der Waals surface area (Å²) in [6, 6.07) is 5.45. The van der Waals surface area contributed by atoms with E-state index in [0.717, 1.165) is 37.5 Å². The van der Waals surface area contributed by atoms with Crippen LogP contribution in [0.2, 0.25) is 0 Å². The van der Waals surface area contributed by atoms with E-state index < -0.39 is 26.2 Å². The lowest BCUT2D eigenvalue weighted by Gasteiger charge is -2.60. The van der Waals surface area contributed by atoms with E-state index in [1.165, 1.54) is 30.7 Å². The van der Waals surface area contributed by atoms with Gasteiger partial charge in [-0.25, -0.2) is 13.1 Å². The van der Waals surface area contributed by atoms with Gasteiger partial charge in [0.15, 0.2) is 4.90 Å². The van der Waals surface area contributed by atoms with Crippen LogP contribution in [0.3, 0.4) is 0 Å². The number of nitrogens with zero attached hydrogens (tertiary/aromatic N) is 1. The van der Waals surface area contributed by atoms with Crippen LogP contribution in [0.25, 0.3) is 0 Å².